The fraction of sp³-hybridized carbons (Fsp3) is 0.593. The van der Waals surface area contributed by atoms with E-state index in [1.165, 1.54) is 48.4 Å². The van der Waals surface area contributed by atoms with Crippen molar-refractivity contribution in [2.75, 3.05) is 0 Å². The van der Waals surface area contributed by atoms with E-state index >= 15 is 0 Å². The first-order valence-electron chi connectivity index (χ1n) is 11.7. The molecule has 3 nitrogen and oxygen atoms in total. The minimum atomic E-state index is -0.538. The Bertz CT molecular complexity index is 827. The molecule has 1 aliphatic carbocycles. The van der Waals surface area contributed by atoms with E-state index in [1.54, 1.807) is 0 Å². The van der Waals surface area contributed by atoms with E-state index in [-0.39, 0.29) is 17.7 Å². The molecule has 0 bridgehead atoms. The number of hydrogen-bond donors (Lipinski definition) is 1. The second kappa shape index (κ2) is 10.1. The number of carbonyl (C=O) groups is 1. The van der Waals surface area contributed by atoms with E-state index in [4.69, 9.17) is 10.5 Å². The minimum Gasteiger partial charge on any atom is -0.363 e. The molecule has 2 N–H and O–H groups in total. The van der Waals surface area contributed by atoms with Crippen LogP contribution in [0.15, 0.2) is 42.5 Å². The van der Waals surface area contributed by atoms with E-state index in [2.05, 4.69) is 49.4 Å². The molecule has 0 aliphatic heterocycles. The molecule has 1 aliphatic rings. The third-order valence-corrected chi connectivity index (χ3v) is 6.38. The Labute approximate surface area is 182 Å². The Balaban J connectivity index is 1.74. The predicted octanol–water partition coefficient (Wildman–Crippen LogP) is 6.38. The smallest absolute Gasteiger partial charge is 0.163 e. The Morgan fingerprint density at radius 1 is 1.07 bits per heavy atom. The molecule has 1 fully saturated rings. The van der Waals surface area contributed by atoms with Gasteiger partial charge in [-0.1, -0.05) is 81.5 Å². The first-order chi connectivity index (χ1) is 14.2. The van der Waals surface area contributed by atoms with Crippen LogP contribution in [0.1, 0.15) is 84.1 Å². The number of hydrogen-bond acceptors (Lipinski definition) is 3. The van der Waals surface area contributed by atoms with Crippen LogP contribution in [0.4, 0.5) is 0 Å². The molecule has 1 saturated carbocycles. The van der Waals surface area contributed by atoms with Crippen molar-refractivity contribution >= 4 is 16.6 Å². The summed E-state index contributed by atoms with van der Waals surface area (Å²) < 4.78 is 6.25. The SMILES string of the molecule is C[C@H](CC(=O)C(OC(C)(C)C)[C@H](N)CC1CCCCC1)c1cccc2ccccc12. The lowest BCUT2D eigenvalue weighted by atomic mass is 9.82. The van der Waals surface area contributed by atoms with Crippen LogP contribution in [0.3, 0.4) is 0 Å². The largest absolute Gasteiger partial charge is 0.363 e. The van der Waals surface area contributed by atoms with Crippen molar-refractivity contribution < 1.29 is 9.53 Å². The van der Waals surface area contributed by atoms with Gasteiger partial charge in [0.2, 0.25) is 0 Å². The number of benzene rings is 2. The lowest BCUT2D eigenvalue weighted by Crippen LogP contribution is -2.47. The Kier molecular flexibility index (Phi) is 7.70. The molecule has 0 heterocycles. The average molecular weight is 410 g/mol. The fourth-order valence-electron chi connectivity index (χ4n) is 4.91. The third kappa shape index (κ3) is 6.15. The highest BCUT2D eigenvalue weighted by molar-refractivity contribution is 5.88. The third-order valence-electron chi connectivity index (χ3n) is 6.38. The van der Waals surface area contributed by atoms with Crippen molar-refractivity contribution in [3.05, 3.63) is 48.0 Å². The average Bonchev–Trinajstić information content (AvgIpc) is 2.71. The van der Waals surface area contributed by atoms with Gasteiger partial charge in [-0.3, -0.25) is 4.79 Å². The van der Waals surface area contributed by atoms with Gasteiger partial charge >= 0.3 is 0 Å². The summed E-state index contributed by atoms with van der Waals surface area (Å²) in [5.41, 5.74) is 7.44. The molecule has 3 heteroatoms. The van der Waals surface area contributed by atoms with E-state index < -0.39 is 11.7 Å². The zero-order chi connectivity index (χ0) is 21.7. The van der Waals surface area contributed by atoms with E-state index in [0.29, 0.717) is 12.3 Å². The summed E-state index contributed by atoms with van der Waals surface area (Å²) in [5.74, 6) is 0.883. The summed E-state index contributed by atoms with van der Waals surface area (Å²) in [7, 11) is 0. The lowest BCUT2D eigenvalue weighted by molar-refractivity contribution is -0.143. The molecule has 0 amide bonds. The van der Waals surface area contributed by atoms with Gasteiger partial charge in [0, 0.05) is 12.5 Å². The number of Topliss-reactive ketones (excluding diaryl/α,β-unsaturated/α-hetero) is 1. The second-order valence-electron chi connectivity index (χ2n) is 10.2. The van der Waals surface area contributed by atoms with Gasteiger partial charge in [0.05, 0.1) is 5.60 Å². The lowest BCUT2D eigenvalue weighted by Gasteiger charge is -2.33. The van der Waals surface area contributed by atoms with Crippen LogP contribution in [-0.2, 0) is 9.53 Å². The topological polar surface area (TPSA) is 52.3 Å². The summed E-state index contributed by atoms with van der Waals surface area (Å²) in [4.78, 5) is 13.4. The zero-order valence-electron chi connectivity index (χ0n) is 19.2. The monoisotopic (exact) mass is 409 g/mol. The molecule has 30 heavy (non-hydrogen) atoms. The molecule has 0 saturated heterocycles. The Hall–Kier alpha value is -1.71. The van der Waals surface area contributed by atoms with Crippen molar-refractivity contribution in [3.8, 4) is 0 Å². The van der Waals surface area contributed by atoms with Crippen LogP contribution in [0.5, 0.6) is 0 Å². The van der Waals surface area contributed by atoms with Gasteiger partial charge in [0.1, 0.15) is 6.10 Å². The van der Waals surface area contributed by atoms with Gasteiger partial charge < -0.3 is 10.5 Å². The highest BCUT2D eigenvalue weighted by Crippen LogP contribution is 2.31. The van der Waals surface area contributed by atoms with E-state index in [1.807, 2.05) is 20.8 Å². The molecule has 2 aromatic carbocycles. The number of fused-ring (bicyclic) bond motifs is 1. The van der Waals surface area contributed by atoms with Crippen molar-refractivity contribution in [2.45, 2.75) is 96.3 Å². The standard InChI is InChI=1S/C27H39NO2/c1-19(22-16-10-14-21-13-8-9-15-23(21)22)17-25(29)26(30-27(2,3)4)24(28)18-20-11-6-5-7-12-20/h8-10,13-16,19-20,24,26H,5-7,11-12,17-18,28H2,1-4H3/t19-,24-,26?/m1/s1. The molecule has 0 radical (unpaired) electrons. The quantitative estimate of drug-likeness (QED) is 0.550. The Morgan fingerprint density at radius 3 is 2.43 bits per heavy atom. The van der Waals surface area contributed by atoms with Crippen LogP contribution >= 0.6 is 0 Å². The molecule has 164 valence electrons. The summed E-state index contributed by atoms with van der Waals surface area (Å²) in [6.07, 6.45) is 7.16. The van der Waals surface area contributed by atoms with Gasteiger partial charge in [-0.2, -0.15) is 0 Å². The first kappa shape index (κ1) is 23.0. The second-order valence-corrected chi connectivity index (χ2v) is 10.2. The number of carbonyl (C=O) groups excluding carboxylic acids is 1. The van der Waals surface area contributed by atoms with Gasteiger partial charge in [0.25, 0.3) is 0 Å². The number of ether oxygens (including phenoxy) is 1. The summed E-state index contributed by atoms with van der Waals surface area (Å²) >= 11 is 0. The van der Waals surface area contributed by atoms with Gasteiger partial charge in [-0.15, -0.1) is 0 Å². The summed E-state index contributed by atoms with van der Waals surface area (Å²) in [6, 6.07) is 14.5. The minimum absolute atomic E-state index is 0.122. The molecule has 1 unspecified atom stereocenters. The first-order valence-corrected chi connectivity index (χ1v) is 11.7. The molecule has 0 spiro atoms. The summed E-state index contributed by atoms with van der Waals surface area (Å²) in [5, 5.41) is 2.44. The van der Waals surface area contributed by atoms with Crippen molar-refractivity contribution in [3.63, 3.8) is 0 Å². The normalized spacial score (nSPS) is 18.8. The maximum absolute atomic E-state index is 13.4. The molecule has 3 rings (SSSR count). The van der Waals surface area contributed by atoms with Gasteiger partial charge in [-0.25, -0.2) is 0 Å². The number of nitrogens with two attached hydrogens (primary N) is 1. The van der Waals surface area contributed by atoms with Crippen LogP contribution < -0.4 is 5.73 Å². The maximum Gasteiger partial charge on any atom is 0.163 e. The molecule has 3 atom stereocenters. The van der Waals surface area contributed by atoms with Crippen molar-refractivity contribution in [1.82, 2.24) is 0 Å². The molecular formula is C27H39NO2. The number of ketones is 1. The van der Waals surface area contributed by atoms with Crippen LogP contribution in [0.2, 0.25) is 0 Å². The highest BCUT2D eigenvalue weighted by Gasteiger charge is 2.33. The number of rotatable bonds is 8. The van der Waals surface area contributed by atoms with Crippen LogP contribution in [0.25, 0.3) is 10.8 Å². The van der Waals surface area contributed by atoms with Gasteiger partial charge in [-0.05, 0) is 55.4 Å². The summed E-state index contributed by atoms with van der Waals surface area (Å²) in [6.45, 7) is 8.17. The van der Waals surface area contributed by atoms with E-state index in [0.717, 1.165) is 6.42 Å². The van der Waals surface area contributed by atoms with Crippen LogP contribution in [0, 0.1) is 5.92 Å². The fourth-order valence-corrected chi connectivity index (χ4v) is 4.91. The maximum atomic E-state index is 13.4. The van der Waals surface area contributed by atoms with Crippen molar-refractivity contribution in [1.29, 1.82) is 0 Å². The molecule has 2 aromatic rings. The van der Waals surface area contributed by atoms with Crippen LogP contribution in [-0.4, -0.2) is 23.5 Å². The van der Waals surface area contributed by atoms with Crippen molar-refractivity contribution in [2.24, 2.45) is 11.7 Å². The van der Waals surface area contributed by atoms with E-state index in [9.17, 15) is 4.79 Å². The zero-order valence-corrected chi connectivity index (χ0v) is 19.2. The van der Waals surface area contributed by atoms with Gasteiger partial charge in [0.15, 0.2) is 5.78 Å². The molecular weight excluding hydrogens is 370 g/mol. The predicted molar refractivity (Wildman–Crippen MR) is 126 cm³/mol. The Morgan fingerprint density at radius 2 is 1.73 bits per heavy atom. The molecule has 0 aromatic heterocycles. The highest BCUT2D eigenvalue weighted by atomic mass is 16.5.